The van der Waals surface area contributed by atoms with Crippen LogP contribution in [-0.4, -0.2) is 26.2 Å². The fraction of sp³-hybridized carbons (Fsp3) is 0.538. The largest absolute Gasteiger partial charge is 0.307 e. The fourth-order valence-corrected chi connectivity index (χ4v) is 1.88. The van der Waals surface area contributed by atoms with Gasteiger partial charge in [-0.3, -0.25) is 9.36 Å². The average Bonchev–Trinajstić information content (AvgIpc) is 3.00. The zero-order chi connectivity index (χ0) is 13.7. The Morgan fingerprint density at radius 3 is 2.75 bits per heavy atom. The number of hydrogen-bond donors (Lipinski definition) is 1. The fourth-order valence-electron chi connectivity index (χ4n) is 1.88. The van der Waals surface area contributed by atoms with Gasteiger partial charge in [0.2, 0.25) is 0 Å². The normalized spacial score (nSPS) is 10.8. The molecule has 0 aromatic carbocycles. The van der Waals surface area contributed by atoms with Gasteiger partial charge >= 0.3 is 0 Å². The SMILES string of the molecule is CC(C)n1cc(CNCc2ccnn2CCF)cn1.Cl. The molecule has 5 nitrogen and oxygen atoms in total. The molecule has 0 spiro atoms. The van der Waals surface area contributed by atoms with Gasteiger partial charge in [0.1, 0.15) is 6.67 Å². The summed E-state index contributed by atoms with van der Waals surface area (Å²) < 4.78 is 15.9. The second-order valence-electron chi connectivity index (χ2n) is 4.76. The lowest BCUT2D eigenvalue weighted by Gasteiger charge is -2.06. The summed E-state index contributed by atoms with van der Waals surface area (Å²) in [6, 6.07) is 2.28. The van der Waals surface area contributed by atoms with Crippen LogP contribution in [0.1, 0.15) is 31.1 Å². The molecule has 0 bridgehead atoms. The number of rotatable bonds is 7. The minimum absolute atomic E-state index is 0. The van der Waals surface area contributed by atoms with Crippen LogP contribution in [-0.2, 0) is 19.6 Å². The Morgan fingerprint density at radius 2 is 2.10 bits per heavy atom. The number of nitrogens with zero attached hydrogens (tertiary/aromatic N) is 4. The van der Waals surface area contributed by atoms with Crippen molar-refractivity contribution in [2.45, 2.75) is 39.5 Å². The summed E-state index contributed by atoms with van der Waals surface area (Å²) >= 11 is 0. The lowest BCUT2D eigenvalue weighted by atomic mass is 10.3. The summed E-state index contributed by atoms with van der Waals surface area (Å²) in [5.74, 6) is 0. The molecule has 0 atom stereocenters. The third kappa shape index (κ3) is 4.31. The van der Waals surface area contributed by atoms with Crippen LogP contribution in [0.5, 0.6) is 0 Å². The van der Waals surface area contributed by atoms with Gasteiger partial charge in [0, 0.05) is 37.1 Å². The maximum absolute atomic E-state index is 12.3. The van der Waals surface area contributed by atoms with Crippen molar-refractivity contribution < 1.29 is 4.39 Å². The van der Waals surface area contributed by atoms with Crippen LogP contribution in [0.15, 0.2) is 24.7 Å². The van der Waals surface area contributed by atoms with Crippen molar-refractivity contribution in [1.82, 2.24) is 24.9 Å². The first-order valence-corrected chi connectivity index (χ1v) is 6.51. The van der Waals surface area contributed by atoms with Crippen LogP contribution in [0.2, 0.25) is 0 Å². The van der Waals surface area contributed by atoms with Crippen molar-refractivity contribution in [1.29, 1.82) is 0 Å². The maximum atomic E-state index is 12.3. The first-order chi connectivity index (χ1) is 9.20. The Kier molecular flexibility index (Phi) is 6.67. The molecule has 0 radical (unpaired) electrons. The number of halogens is 2. The molecule has 2 rings (SSSR count). The maximum Gasteiger partial charge on any atom is 0.109 e. The highest BCUT2D eigenvalue weighted by Gasteiger charge is 2.04. The van der Waals surface area contributed by atoms with Crippen molar-refractivity contribution in [3.8, 4) is 0 Å². The molecule has 0 amide bonds. The van der Waals surface area contributed by atoms with Crippen LogP contribution < -0.4 is 5.32 Å². The second kappa shape index (κ2) is 8.01. The van der Waals surface area contributed by atoms with E-state index in [0.717, 1.165) is 17.8 Å². The van der Waals surface area contributed by atoms with Gasteiger partial charge in [-0.15, -0.1) is 12.4 Å². The van der Waals surface area contributed by atoms with E-state index in [2.05, 4.69) is 29.4 Å². The molecule has 0 aliphatic rings. The third-order valence-corrected chi connectivity index (χ3v) is 2.92. The Bertz CT molecular complexity index is 508. The molecule has 20 heavy (non-hydrogen) atoms. The molecule has 2 aromatic heterocycles. The minimum atomic E-state index is -0.393. The standard InChI is InChI=1S/C13H20FN5.ClH/c1-11(2)19-10-12(8-17-19)7-15-9-13-3-5-16-18(13)6-4-14;/h3,5,8,10-11,15H,4,6-7,9H2,1-2H3;1H. The summed E-state index contributed by atoms with van der Waals surface area (Å²) in [5.41, 5.74) is 2.14. The van der Waals surface area contributed by atoms with Crippen LogP contribution in [0.3, 0.4) is 0 Å². The van der Waals surface area contributed by atoms with Gasteiger partial charge in [0.15, 0.2) is 0 Å². The number of nitrogens with one attached hydrogen (secondary N) is 1. The second-order valence-corrected chi connectivity index (χ2v) is 4.76. The summed E-state index contributed by atoms with van der Waals surface area (Å²) in [6.07, 6.45) is 5.60. The number of alkyl halides is 1. The summed E-state index contributed by atoms with van der Waals surface area (Å²) in [5, 5.41) is 11.7. The first kappa shape index (κ1) is 16.7. The van der Waals surface area contributed by atoms with Gasteiger partial charge in [-0.1, -0.05) is 0 Å². The number of hydrogen-bond acceptors (Lipinski definition) is 3. The van der Waals surface area contributed by atoms with E-state index in [4.69, 9.17) is 0 Å². The van der Waals surface area contributed by atoms with Crippen LogP contribution in [0.25, 0.3) is 0 Å². The predicted molar refractivity (Wildman–Crippen MR) is 78.6 cm³/mol. The van der Waals surface area contributed by atoms with E-state index in [0.29, 0.717) is 19.1 Å². The molecule has 0 fully saturated rings. The Morgan fingerprint density at radius 1 is 1.30 bits per heavy atom. The van der Waals surface area contributed by atoms with Crippen LogP contribution >= 0.6 is 12.4 Å². The first-order valence-electron chi connectivity index (χ1n) is 6.51. The molecule has 2 aromatic rings. The highest BCUT2D eigenvalue weighted by atomic mass is 35.5. The van der Waals surface area contributed by atoms with E-state index in [9.17, 15) is 4.39 Å². The van der Waals surface area contributed by atoms with Gasteiger partial charge in [-0.05, 0) is 19.9 Å². The zero-order valence-electron chi connectivity index (χ0n) is 11.8. The average molecular weight is 302 g/mol. The highest BCUT2D eigenvalue weighted by Crippen LogP contribution is 2.05. The molecule has 0 aliphatic carbocycles. The van der Waals surface area contributed by atoms with Crippen molar-refractivity contribution >= 4 is 12.4 Å². The molecule has 2 heterocycles. The number of aromatic nitrogens is 4. The highest BCUT2D eigenvalue weighted by molar-refractivity contribution is 5.85. The Hall–Kier alpha value is -1.40. The smallest absolute Gasteiger partial charge is 0.109 e. The van der Waals surface area contributed by atoms with Crippen molar-refractivity contribution in [2.24, 2.45) is 0 Å². The quantitative estimate of drug-likeness (QED) is 0.854. The Labute approximate surface area is 124 Å². The lowest BCUT2D eigenvalue weighted by molar-refractivity contribution is 0.417. The van der Waals surface area contributed by atoms with E-state index in [1.807, 2.05) is 23.1 Å². The van der Waals surface area contributed by atoms with Gasteiger partial charge < -0.3 is 5.32 Å². The number of aryl methyl sites for hydroxylation is 1. The molecular formula is C13H21ClFN5. The van der Waals surface area contributed by atoms with E-state index < -0.39 is 6.67 Å². The monoisotopic (exact) mass is 301 g/mol. The third-order valence-electron chi connectivity index (χ3n) is 2.92. The van der Waals surface area contributed by atoms with E-state index in [1.165, 1.54) is 0 Å². The zero-order valence-corrected chi connectivity index (χ0v) is 12.6. The van der Waals surface area contributed by atoms with Gasteiger partial charge in [0.25, 0.3) is 0 Å². The topological polar surface area (TPSA) is 47.7 Å². The predicted octanol–water partition coefficient (Wildman–Crippen LogP) is 2.34. The van der Waals surface area contributed by atoms with Crippen molar-refractivity contribution in [2.75, 3.05) is 6.67 Å². The molecule has 0 saturated carbocycles. The summed E-state index contributed by atoms with van der Waals surface area (Å²) in [6.45, 7) is 5.53. The van der Waals surface area contributed by atoms with Gasteiger partial charge in [-0.25, -0.2) is 4.39 Å². The minimum Gasteiger partial charge on any atom is -0.307 e. The van der Waals surface area contributed by atoms with Gasteiger partial charge in [0.05, 0.1) is 18.4 Å². The van der Waals surface area contributed by atoms with Crippen LogP contribution in [0.4, 0.5) is 4.39 Å². The van der Waals surface area contributed by atoms with Crippen molar-refractivity contribution in [3.05, 3.63) is 35.9 Å². The lowest BCUT2D eigenvalue weighted by Crippen LogP contribution is -2.16. The summed E-state index contributed by atoms with van der Waals surface area (Å²) in [7, 11) is 0. The van der Waals surface area contributed by atoms with E-state index in [1.54, 1.807) is 10.9 Å². The summed E-state index contributed by atoms with van der Waals surface area (Å²) in [4.78, 5) is 0. The molecule has 0 unspecified atom stereocenters. The molecular weight excluding hydrogens is 281 g/mol. The molecule has 112 valence electrons. The van der Waals surface area contributed by atoms with Crippen LogP contribution in [0, 0.1) is 0 Å². The molecule has 1 N–H and O–H groups in total. The molecule has 7 heteroatoms. The van der Waals surface area contributed by atoms with E-state index >= 15 is 0 Å². The Balaban J connectivity index is 0.00000200. The molecule has 0 aliphatic heterocycles. The van der Waals surface area contributed by atoms with Crippen molar-refractivity contribution in [3.63, 3.8) is 0 Å². The van der Waals surface area contributed by atoms with Gasteiger partial charge in [-0.2, -0.15) is 10.2 Å². The molecule has 0 saturated heterocycles. The van der Waals surface area contributed by atoms with E-state index in [-0.39, 0.29) is 12.4 Å².